The summed E-state index contributed by atoms with van der Waals surface area (Å²) in [7, 11) is 0. The smallest absolute Gasteiger partial charge is 0.00206 e. The van der Waals surface area contributed by atoms with E-state index in [0.29, 0.717) is 0 Å². The van der Waals surface area contributed by atoms with Crippen LogP contribution in [0, 0.1) is 11.8 Å². The lowest BCUT2D eigenvalue weighted by Crippen LogP contribution is -2.25. The van der Waals surface area contributed by atoms with Gasteiger partial charge in [0.1, 0.15) is 0 Å². The van der Waals surface area contributed by atoms with E-state index in [-0.39, 0.29) is 0 Å². The molecule has 1 nitrogen and oxygen atoms in total. The van der Waals surface area contributed by atoms with Crippen molar-refractivity contribution in [2.75, 3.05) is 25.1 Å². The second-order valence-electron chi connectivity index (χ2n) is 4.29. The Morgan fingerprint density at radius 3 is 2.50 bits per heavy atom. The molecule has 0 radical (unpaired) electrons. The van der Waals surface area contributed by atoms with Gasteiger partial charge >= 0.3 is 0 Å². The Labute approximate surface area is 94.4 Å². The van der Waals surface area contributed by atoms with Crippen molar-refractivity contribution in [3.8, 4) is 0 Å². The van der Waals surface area contributed by atoms with Gasteiger partial charge in [-0.25, -0.2) is 0 Å². The zero-order valence-corrected chi connectivity index (χ0v) is 11.1. The fourth-order valence-electron chi connectivity index (χ4n) is 1.54. The minimum absolute atomic E-state index is 0.823. The summed E-state index contributed by atoms with van der Waals surface area (Å²) in [6.07, 6.45) is 6.20. The lowest BCUT2D eigenvalue weighted by Gasteiger charge is -2.20. The maximum Gasteiger partial charge on any atom is -0.00206 e. The van der Waals surface area contributed by atoms with E-state index in [1.807, 2.05) is 11.8 Å². The first-order valence-electron chi connectivity index (χ1n) is 5.92. The molecule has 0 aliphatic heterocycles. The standard InChI is InChI=1S/C12H27NS/c1-5-8-13-10-12(3)11(2)7-6-9-14-4/h11-13H,5-10H2,1-4H3. The highest BCUT2D eigenvalue weighted by Crippen LogP contribution is 2.17. The van der Waals surface area contributed by atoms with Crippen LogP contribution in [0.5, 0.6) is 0 Å². The zero-order chi connectivity index (χ0) is 10.8. The van der Waals surface area contributed by atoms with Gasteiger partial charge in [0.2, 0.25) is 0 Å². The second-order valence-corrected chi connectivity index (χ2v) is 5.28. The van der Waals surface area contributed by atoms with E-state index in [9.17, 15) is 0 Å². The Morgan fingerprint density at radius 1 is 1.21 bits per heavy atom. The third-order valence-corrected chi connectivity index (χ3v) is 3.57. The first-order chi connectivity index (χ1) is 6.72. The quantitative estimate of drug-likeness (QED) is 0.594. The molecule has 0 aromatic carbocycles. The van der Waals surface area contributed by atoms with E-state index in [2.05, 4.69) is 32.3 Å². The van der Waals surface area contributed by atoms with Crippen LogP contribution < -0.4 is 5.32 Å². The molecule has 0 spiro atoms. The lowest BCUT2D eigenvalue weighted by atomic mass is 9.92. The van der Waals surface area contributed by atoms with Gasteiger partial charge in [-0.2, -0.15) is 11.8 Å². The number of hydrogen-bond donors (Lipinski definition) is 1. The van der Waals surface area contributed by atoms with Gasteiger partial charge in [-0.15, -0.1) is 0 Å². The molecule has 0 aromatic heterocycles. The number of nitrogens with one attached hydrogen (secondary N) is 1. The van der Waals surface area contributed by atoms with Crippen molar-refractivity contribution in [3.05, 3.63) is 0 Å². The summed E-state index contributed by atoms with van der Waals surface area (Å²) < 4.78 is 0. The fourth-order valence-corrected chi connectivity index (χ4v) is 2.00. The fraction of sp³-hybridized carbons (Fsp3) is 1.00. The predicted molar refractivity (Wildman–Crippen MR) is 69.1 cm³/mol. The molecule has 0 aliphatic rings. The van der Waals surface area contributed by atoms with E-state index >= 15 is 0 Å². The van der Waals surface area contributed by atoms with E-state index in [1.54, 1.807) is 0 Å². The molecule has 0 rings (SSSR count). The van der Waals surface area contributed by atoms with Crippen molar-refractivity contribution >= 4 is 11.8 Å². The molecule has 0 saturated carbocycles. The van der Waals surface area contributed by atoms with Crippen molar-refractivity contribution in [1.29, 1.82) is 0 Å². The number of rotatable bonds is 9. The van der Waals surface area contributed by atoms with Crippen molar-refractivity contribution in [1.82, 2.24) is 5.32 Å². The molecule has 0 aromatic rings. The van der Waals surface area contributed by atoms with Crippen LogP contribution >= 0.6 is 11.8 Å². The summed E-state index contributed by atoms with van der Waals surface area (Å²) in [5.74, 6) is 3.01. The molecular weight excluding hydrogens is 190 g/mol. The van der Waals surface area contributed by atoms with Gasteiger partial charge in [-0.05, 0) is 56.2 Å². The predicted octanol–water partition coefficient (Wildman–Crippen LogP) is 3.40. The Hall–Kier alpha value is 0.310. The van der Waals surface area contributed by atoms with Crippen LogP contribution in [0.4, 0.5) is 0 Å². The summed E-state index contributed by atoms with van der Waals surface area (Å²) in [5, 5.41) is 3.50. The number of thioether (sulfide) groups is 1. The molecule has 1 N–H and O–H groups in total. The van der Waals surface area contributed by atoms with Crippen molar-refractivity contribution in [3.63, 3.8) is 0 Å². The van der Waals surface area contributed by atoms with Gasteiger partial charge in [-0.3, -0.25) is 0 Å². The largest absolute Gasteiger partial charge is 0.316 e. The Bertz CT molecular complexity index is 103. The molecular formula is C12H27NS. The van der Waals surface area contributed by atoms with Gasteiger partial charge in [-0.1, -0.05) is 20.8 Å². The van der Waals surface area contributed by atoms with Crippen LogP contribution in [0.25, 0.3) is 0 Å². The Balaban J connectivity index is 3.39. The first-order valence-corrected chi connectivity index (χ1v) is 7.31. The summed E-state index contributed by atoms with van der Waals surface area (Å²) in [6.45, 7) is 9.33. The first kappa shape index (κ1) is 14.3. The summed E-state index contributed by atoms with van der Waals surface area (Å²) in [6, 6.07) is 0. The highest BCUT2D eigenvalue weighted by molar-refractivity contribution is 7.98. The molecule has 0 aliphatic carbocycles. The molecule has 0 fully saturated rings. The second kappa shape index (κ2) is 9.85. The molecule has 0 amide bonds. The van der Waals surface area contributed by atoms with E-state index < -0.39 is 0 Å². The van der Waals surface area contributed by atoms with E-state index in [4.69, 9.17) is 0 Å². The maximum absolute atomic E-state index is 3.50. The lowest BCUT2D eigenvalue weighted by molar-refractivity contribution is 0.346. The van der Waals surface area contributed by atoms with Crippen molar-refractivity contribution < 1.29 is 0 Å². The van der Waals surface area contributed by atoms with E-state index in [0.717, 1.165) is 11.8 Å². The average Bonchev–Trinajstić information content (AvgIpc) is 2.18. The molecule has 86 valence electrons. The molecule has 2 heteroatoms. The molecule has 0 heterocycles. The van der Waals surface area contributed by atoms with Crippen molar-refractivity contribution in [2.24, 2.45) is 11.8 Å². The van der Waals surface area contributed by atoms with Gasteiger partial charge in [0.05, 0.1) is 0 Å². The van der Waals surface area contributed by atoms with Crippen molar-refractivity contribution in [2.45, 2.75) is 40.0 Å². The van der Waals surface area contributed by atoms with E-state index in [1.165, 1.54) is 38.1 Å². The summed E-state index contributed by atoms with van der Waals surface area (Å²) in [4.78, 5) is 0. The highest BCUT2D eigenvalue weighted by atomic mass is 32.2. The highest BCUT2D eigenvalue weighted by Gasteiger charge is 2.10. The molecule has 2 unspecified atom stereocenters. The van der Waals surface area contributed by atoms with Gasteiger partial charge in [0.15, 0.2) is 0 Å². The van der Waals surface area contributed by atoms with Crippen LogP contribution in [-0.2, 0) is 0 Å². The van der Waals surface area contributed by atoms with Crippen LogP contribution in [0.15, 0.2) is 0 Å². The summed E-state index contributed by atoms with van der Waals surface area (Å²) >= 11 is 1.96. The van der Waals surface area contributed by atoms with Crippen LogP contribution in [-0.4, -0.2) is 25.1 Å². The average molecular weight is 217 g/mol. The number of hydrogen-bond acceptors (Lipinski definition) is 2. The monoisotopic (exact) mass is 217 g/mol. The maximum atomic E-state index is 3.50. The Kier molecular flexibility index (Phi) is 10.1. The zero-order valence-electron chi connectivity index (χ0n) is 10.3. The molecule has 2 atom stereocenters. The molecule has 0 bridgehead atoms. The molecule has 0 saturated heterocycles. The molecule has 14 heavy (non-hydrogen) atoms. The van der Waals surface area contributed by atoms with Gasteiger partial charge in [0, 0.05) is 0 Å². The van der Waals surface area contributed by atoms with Crippen LogP contribution in [0.3, 0.4) is 0 Å². The Morgan fingerprint density at radius 2 is 1.93 bits per heavy atom. The minimum Gasteiger partial charge on any atom is -0.316 e. The minimum atomic E-state index is 0.823. The summed E-state index contributed by atoms with van der Waals surface area (Å²) in [5.41, 5.74) is 0. The van der Waals surface area contributed by atoms with Gasteiger partial charge in [0.25, 0.3) is 0 Å². The third-order valence-electron chi connectivity index (χ3n) is 2.87. The van der Waals surface area contributed by atoms with Gasteiger partial charge < -0.3 is 5.32 Å². The topological polar surface area (TPSA) is 12.0 Å². The third kappa shape index (κ3) is 7.69. The van der Waals surface area contributed by atoms with Crippen LogP contribution in [0.2, 0.25) is 0 Å². The normalized spacial score (nSPS) is 15.4. The SMILES string of the molecule is CCCNCC(C)C(C)CCCSC. The van der Waals surface area contributed by atoms with Crippen LogP contribution in [0.1, 0.15) is 40.0 Å².